The number of carbonyl (C=O) groups excluding carboxylic acids is 1. The molecule has 0 aliphatic rings. The molecule has 0 unspecified atom stereocenters. The molecule has 0 saturated carbocycles. The second-order valence-corrected chi connectivity index (χ2v) is 7.30. The van der Waals surface area contributed by atoms with E-state index in [1.54, 1.807) is 23.0 Å². The zero-order chi connectivity index (χ0) is 22.1. The fraction of sp³-hybridized carbons (Fsp3) is 0.0417. The van der Waals surface area contributed by atoms with Crippen molar-refractivity contribution in [2.45, 2.75) is 6.92 Å². The summed E-state index contributed by atoms with van der Waals surface area (Å²) in [4.78, 5) is 21.7. The van der Waals surface area contributed by atoms with E-state index in [0.29, 0.717) is 16.1 Å². The molecular formula is C24H18N6O2. The molecule has 5 aromatic rings. The van der Waals surface area contributed by atoms with Crippen molar-refractivity contribution < 1.29 is 9.52 Å². The molecule has 5 rings (SSSR count). The largest absolute Gasteiger partial charge is 0.619 e. The van der Waals surface area contributed by atoms with E-state index in [-0.39, 0.29) is 5.91 Å². The molecular weight excluding hydrogens is 404 g/mol. The lowest BCUT2D eigenvalue weighted by Gasteiger charge is -2.08. The Balaban J connectivity index is 1.58. The van der Waals surface area contributed by atoms with Crippen LogP contribution in [0.15, 0.2) is 85.5 Å². The van der Waals surface area contributed by atoms with E-state index in [2.05, 4.69) is 21.5 Å². The summed E-state index contributed by atoms with van der Waals surface area (Å²) >= 11 is 0. The molecule has 1 aromatic carbocycles. The lowest BCUT2D eigenvalue weighted by Crippen LogP contribution is -2.25. The maximum atomic E-state index is 12.6. The summed E-state index contributed by atoms with van der Waals surface area (Å²) in [6.07, 6.45) is 5.89. The average Bonchev–Trinajstić information content (AvgIpc) is 3.19. The van der Waals surface area contributed by atoms with Crippen molar-refractivity contribution in [2.24, 2.45) is 0 Å². The molecule has 0 spiro atoms. The maximum absolute atomic E-state index is 12.6. The Morgan fingerprint density at radius 2 is 1.84 bits per heavy atom. The first-order valence-corrected chi connectivity index (χ1v) is 9.96. The first-order chi connectivity index (χ1) is 15.6. The van der Waals surface area contributed by atoms with Crippen LogP contribution in [0, 0.1) is 12.1 Å². The molecule has 0 radical (unpaired) electrons. The molecule has 0 saturated heterocycles. The van der Waals surface area contributed by atoms with Crippen molar-refractivity contribution in [3.8, 4) is 22.5 Å². The molecule has 1 amide bonds. The van der Waals surface area contributed by atoms with Gasteiger partial charge in [0.05, 0.1) is 11.3 Å². The molecule has 4 heterocycles. The highest BCUT2D eigenvalue weighted by Gasteiger charge is 2.18. The highest BCUT2D eigenvalue weighted by molar-refractivity contribution is 6.03. The van der Waals surface area contributed by atoms with Crippen LogP contribution in [0.3, 0.4) is 0 Å². The Morgan fingerprint density at radius 3 is 2.66 bits per heavy atom. The number of aryl methyl sites for hydroxylation is 1. The van der Waals surface area contributed by atoms with Crippen LogP contribution in [-0.4, -0.2) is 25.5 Å². The van der Waals surface area contributed by atoms with Gasteiger partial charge in [-0.25, -0.2) is 14.5 Å². The first kappa shape index (κ1) is 19.4. The van der Waals surface area contributed by atoms with Crippen LogP contribution in [0.4, 0.5) is 5.82 Å². The zero-order valence-corrected chi connectivity index (χ0v) is 17.1. The summed E-state index contributed by atoms with van der Waals surface area (Å²) in [7, 11) is 0. The van der Waals surface area contributed by atoms with E-state index in [4.69, 9.17) is 4.98 Å². The van der Waals surface area contributed by atoms with Crippen LogP contribution in [0.2, 0.25) is 0 Å². The van der Waals surface area contributed by atoms with Gasteiger partial charge < -0.3 is 10.5 Å². The highest BCUT2D eigenvalue weighted by atomic mass is 16.5. The third-order valence-electron chi connectivity index (χ3n) is 5.02. The monoisotopic (exact) mass is 422 g/mol. The number of pyridine rings is 2. The number of amides is 1. The molecule has 0 aliphatic heterocycles. The van der Waals surface area contributed by atoms with E-state index in [0.717, 1.165) is 33.7 Å². The Labute approximate surface area is 183 Å². The number of imidazole rings is 1. The van der Waals surface area contributed by atoms with Gasteiger partial charge in [-0.3, -0.25) is 4.79 Å². The molecule has 0 atom stereocenters. The van der Waals surface area contributed by atoms with Gasteiger partial charge in [-0.15, -0.1) is 0 Å². The van der Waals surface area contributed by atoms with E-state index in [1.165, 1.54) is 24.5 Å². The summed E-state index contributed by atoms with van der Waals surface area (Å²) in [5, 5.41) is 18.5. The lowest BCUT2D eigenvalue weighted by molar-refractivity contribution is -0.605. The normalized spacial score (nSPS) is 10.9. The molecule has 32 heavy (non-hydrogen) atoms. The number of rotatable bonds is 4. The minimum absolute atomic E-state index is 0.356. The van der Waals surface area contributed by atoms with Gasteiger partial charge in [0.15, 0.2) is 18.0 Å². The summed E-state index contributed by atoms with van der Waals surface area (Å²) in [5.74, 6) is 0.0258. The van der Waals surface area contributed by atoms with Gasteiger partial charge in [0.25, 0.3) is 5.91 Å². The topological polar surface area (TPSA) is 99.1 Å². The van der Waals surface area contributed by atoms with Crippen LogP contribution in [0.5, 0.6) is 0 Å². The molecule has 0 aliphatic carbocycles. The van der Waals surface area contributed by atoms with Gasteiger partial charge >= 0.3 is 0 Å². The van der Waals surface area contributed by atoms with Crippen LogP contribution in [-0.2, 0) is 0 Å². The summed E-state index contributed by atoms with van der Waals surface area (Å²) in [6.45, 7) is 2.04. The fourth-order valence-corrected chi connectivity index (χ4v) is 3.54. The number of nitrogens with one attached hydrogen (secondary N) is 1. The number of aromatic nitrogens is 5. The van der Waals surface area contributed by atoms with Gasteiger partial charge in [-0.2, -0.15) is 9.83 Å². The summed E-state index contributed by atoms with van der Waals surface area (Å²) in [5.41, 5.74) is 5.59. The molecule has 1 N–H and O–H groups in total. The van der Waals surface area contributed by atoms with Crippen molar-refractivity contribution in [2.75, 3.05) is 5.32 Å². The molecule has 0 fully saturated rings. The zero-order valence-electron chi connectivity index (χ0n) is 17.1. The third kappa shape index (κ3) is 3.65. The minimum atomic E-state index is -0.356. The number of carbonyl (C=O) groups is 1. The van der Waals surface area contributed by atoms with Crippen LogP contribution >= 0.6 is 0 Å². The van der Waals surface area contributed by atoms with Gasteiger partial charge in [-0.05, 0) is 37.3 Å². The first-order valence-electron chi connectivity index (χ1n) is 9.96. The molecule has 8 nitrogen and oxygen atoms in total. The van der Waals surface area contributed by atoms with Crippen LogP contribution < -0.4 is 10.0 Å². The number of hydrogen-bond acceptors (Lipinski definition) is 5. The Hall–Kier alpha value is -4.59. The van der Waals surface area contributed by atoms with E-state index in [1.807, 2.05) is 43.3 Å². The second-order valence-electron chi connectivity index (χ2n) is 7.30. The van der Waals surface area contributed by atoms with E-state index < -0.39 is 0 Å². The third-order valence-corrected chi connectivity index (χ3v) is 5.02. The predicted molar refractivity (Wildman–Crippen MR) is 120 cm³/mol. The smallest absolute Gasteiger partial charge is 0.257 e. The Bertz CT molecular complexity index is 1440. The van der Waals surface area contributed by atoms with Crippen molar-refractivity contribution in [1.29, 1.82) is 0 Å². The van der Waals surface area contributed by atoms with Gasteiger partial charge in [-0.1, -0.05) is 23.8 Å². The standard InChI is InChI=1S/C24H18N6O2/c1-16-4-2-5-18(14-16)22-23(30-21(28-22)6-3-10-26-30)19-7-11-25-20(15-19)27-24(31)17-8-12-29(32)13-9-17/h2-15H,1H3,(H,25,27,31). The highest BCUT2D eigenvalue weighted by Crippen LogP contribution is 2.33. The van der Waals surface area contributed by atoms with Crippen molar-refractivity contribution in [3.05, 3.63) is 102 Å². The summed E-state index contributed by atoms with van der Waals surface area (Å²) < 4.78 is 2.41. The number of fused-ring (bicyclic) bond motifs is 1. The van der Waals surface area contributed by atoms with E-state index in [9.17, 15) is 10.0 Å². The number of hydrogen-bond donors (Lipinski definition) is 1. The average molecular weight is 422 g/mol. The van der Waals surface area contributed by atoms with Gasteiger partial charge in [0, 0.05) is 35.7 Å². The van der Waals surface area contributed by atoms with Gasteiger partial charge in [0.2, 0.25) is 0 Å². The summed E-state index contributed by atoms with van der Waals surface area (Å²) in [6, 6.07) is 18.4. The number of benzene rings is 1. The number of nitrogens with zero attached hydrogens (tertiary/aromatic N) is 5. The SMILES string of the molecule is Cc1cccc(-c2nc3cccnn3c2-c2ccnc(NC(=O)c3cc[n+]([O-])cc3)c2)c1. The predicted octanol–water partition coefficient (Wildman–Crippen LogP) is 3.65. The Kier molecular flexibility index (Phi) is 4.79. The molecule has 4 aromatic heterocycles. The van der Waals surface area contributed by atoms with Crippen molar-refractivity contribution in [3.63, 3.8) is 0 Å². The minimum Gasteiger partial charge on any atom is -0.619 e. The van der Waals surface area contributed by atoms with Gasteiger partial charge in [0.1, 0.15) is 11.5 Å². The van der Waals surface area contributed by atoms with Crippen molar-refractivity contribution in [1.82, 2.24) is 19.6 Å². The molecule has 156 valence electrons. The molecule has 0 bridgehead atoms. The molecule has 8 heteroatoms. The Morgan fingerprint density at radius 1 is 1.00 bits per heavy atom. The van der Waals surface area contributed by atoms with Crippen LogP contribution in [0.25, 0.3) is 28.2 Å². The van der Waals surface area contributed by atoms with E-state index >= 15 is 0 Å². The van der Waals surface area contributed by atoms with Crippen LogP contribution in [0.1, 0.15) is 15.9 Å². The quantitative estimate of drug-likeness (QED) is 0.352. The second kappa shape index (κ2) is 7.92. The fourth-order valence-electron chi connectivity index (χ4n) is 3.54. The maximum Gasteiger partial charge on any atom is 0.257 e. The lowest BCUT2D eigenvalue weighted by atomic mass is 10.0. The number of anilines is 1. The van der Waals surface area contributed by atoms with Crippen molar-refractivity contribution >= 4 is 17.4 Å².